The van der Waals surface area contributed by atoms with Gasteiger partial charge in [-0.15, -0.1) is 0 Å². The lowest BCUT2D eigenvalue weighted by molar-refractivity contribution is 0.595. The van der Waals surface area contributed by atoms with Crippen molar-refractivity contribution in [3.63, 3.8) is 0 Å². The maximum Gasteiger partial charge on any atom is 0.222 e. The Balaban J connectivity index is 3.20. The molecule has 5 heteroatoms. The predicted molar refractivity (Wildman–Crippen MR) is 66.9 cm³/mol. The Labute approximate surface area is 96.7 Å². The van der Waals surface area contributed by atoms with Crippen LogP contribution in [-0.2, 0) is 6.42 Å². The highest BCUT2D eigenvalue weighted by Crippen LogP contribution is 2.23. The van der Waals surface area contributed by atoms with Crippen LogP contribution in [0.15, 0.2) is 0 Å². The van der Waals surface area contributed by atoms with Gasteiger partial charge in [0.05, 0.1) is 5.69 Å². The zero-order valence-corrected chi connectivity index (χ0v) is 10.4. The number of aromatic nitrogens is 2. The third-order valence-electron chi connectivity index (χ3n) is 2.54. The van der Waals surface area contributed by atoms with E-state index in [4.69, 9.17) is 11.5 Å². The van der Waals surface area contributed by atoms with Gasteiger partial charge in [0.15, 0.2) is 0 Å². The van der Waals surface area contributed by atoms with E-state index < -0.39 is 0 Å². The summed E-state index contributed by atoms with van der Waals surface area (Å²) in [6.07, 6.45) is 0.869. The van der Waals surface area contributed by atoms with Crippen LogP contribution >= 0.6 is 0 Å². The van der Waals surface area contributed by atoms with Crippen molar-refractivity contribution < 1.29 is 0 Å². The summed E-state index contributed by atoms with van der Waals surface area (Å²) in [5, 5.41) is 3.15. The highest BCUT2D eigenvalue weighted by atomic mass is 15.1. The Bertz CT molecular complexity index is 362. The summed E-state index contributed by atoms with van der Waals surface area (Å²) in [5.74, 6) is 1.25. The number of rotatable bonds is 4. The van der Waals surface area contributed by atoms with Crippen LogP contribution in [0, 0.1) is 5.92 Å². The Hall–Kier alpha value is -1.36. The zero-order valence-electron chi connectivity index (χ0n) is 10.4. The van der Waals surface area contributed by atoms with Gasteiger partial charge in [-0.3, -0.25) is 0 Å². The molecule has 0 saturated carbocycles. The Kier molecular flexibility index (Phi) is 4.06. The number of anilines is 2. The molecule has 1 aromatic rings. The summed E-state index contributed by atoms with van der Waals surface area (Å²) in [6.45, 7) is 6.32. The first-order valence-electron chi connectivity index (χ1n) is 5.54. The van der Waals surface area contributed by atoms with Gasteiger partial charge in [0.25, 0.3) is 0 Å². The average Bonchev–Trinajstić information content (AvgIpc) is 2.20. The van der Waals surface area contributed by atoms with Crippen LogP contribution in [0.3, 0.4) is 0 Å². The zero-order chi connectivity index (χ0) is 12.3. The molecule has 1 atom stereocenters. The molecule has 0 aromatic carbocycles. The first-order chi connectivity index (χ1) is 7.45. The van der Waals surface area contributed by atoms with E-state index in [1.54, 1.807) is 0 Å². The lowest BCUT2D eigenvalue weighted by Gasteiger charge is -2.17. The largest absolute Gasteiger partial charge is 0.383 e. The van der Waals surface area contributed by atoms with Gasteiger partial charge in [0.1, 0.15) is 5.82 Å². The van der Waals surface area contributed by atoms with Crippen LogP contribution in [0.2, 0.25) is 0 Å². The second-order valence-corrected chi connectivity index (χ2v) is 4.44. The van der Waals surface area contributed by atoms with Gasteiger partial charge in [-0.1, -0.05) is 13.8 Å². The number of nitrogens with zero attached hydrogens (tertiary/aromatic N) is 2. The minimum Gasteiger partial charge on any atom is -0.383 e. The van der Waals surface area contributed by atoms with Gasteiger partial charge in [-0.25, -0.2) is 4.98 Å². The topological polar surface area (TPSA) is 89.8 Å². The van der Waals surface area contributed by atoms with E-state index in [-0.39, 0.29) is 12.0 Å². The number of nitrogens with two attached hydrogens (primary N) is 2. The van der Waals surface area contributed by atoms with E-state index in [1.165, 1.54) is 0 Å². The van der Waals surface area contributed by atoms with Gasteiger partial charge in [0.2, 0.25) is 5.95 Å². The van der Waals surface area contributed by atoms with Gasteiger partial charge in [0, 0.05) is 11.6 Å². The first kappa shape index (κ1) is 12.7. The van der Waals surface area contributed by atoms with Crippen molar-refractivity contribution in [1.82, 2.24) is 15.3 Å². The minimum absolute atomic E-state index is 0.126. The predicted octanol–water partition coefficient (Wildman–Crippen LogP) is 1.12. The molecular weight excluding hydrogens is 202 g/mol. The van der Waals surface area contributed by atoms with Crippen LogP contribution in [0.25, 0.3) is 0 Å². The van der Waals surface area contributed by atoms with E-state index in [0.717, 1.165) is 17.7 Å². The van der Waals surface area contributed by atoms with E-state index in [1.807, 2.05) is 14.0 Å². The van der Waals surface area contributed by atoms with E-state index in [2.05, 4.69) is 29.1 Å². The van der Waals surface area contributed by atoms with Crippen LogP contribution in [-0.4, -0.2) is 17.0 Å². The first-order valence-corrected chi connectivity index (χ1v) is 5.54. The summed E-state index contributed by atoms with van der Waals surface area (Å²) < 4.78 is 0. The van der Waals surface area contributed by atoms with Gasteiger partial charge in [-0.05, 0) is 26.3 Å². The fourth-order valence-corrected chi connectivity index (χ4v) is 1.65. The van der Waals surface area contributed by atoms with Crippen molar-refractivity contribution in [3.05, 3.63) is 11.3 Å². The molecule has 0 amide bonds. The van der Waals surface area contributed by atoms with Gasteiger partial charge < -0.3 is 16.8 Å². The van der Waals surface area contributed by atoms with E-state index in [0.29, 0.717) is 11.7 Å². The number of hydrogen-bond donors (Lipinski definition) is 3. The number of nitrogens with one attached hydrogen (secondary N) is 1. The molecule has 5 N–H and O–H groups in total. The van der Waals surface area contributed by atoms with Crippen molar-refractivity contribution >= 4 is 11.8 Å². The lowest BCUT2D eigenvalue weighted by atomic mass is 9.99. The molecule has 0 saturated heterocycles. The molecule has 1 rings (SSSR count). The van der Waals surface area contributed by atoms with Crippen molar-refractivity contribution in [1.29, 1.82) is 0 Å². The summed E-state index contributed by atoms with van der Waals surface area (Å²) in [6, 6.07) is 0.126. The average molecular weight is 223 g/mol. The molecule has 0 aliphatic rings. The second kappa shape index (κ2) is 5.12. The molecule has 5 nitrogen and oxygen atoms in total. The summed E-state index contributed by atoms with van der Waals surface area (Å²) in [4.78, 5) is 8.30. The fraction of sp³-hybridized carbons (Fsp3) is 0.636. The molecule has 0 spiro atoms. The number of hydrogen-bond acceptors (Lipinski definition) is 5. The second-order valence-electron chi connectivity index (χ2n) is 4.44. The SMILES string of the molecule is CNC(C)c1nc(N)nc(N)c1CC(C)C. The fourth-order valence-electron chi connectivity index (χ4n) is 1.65. The van der Waals surface area contributed by atoms with E-state index in [9.17, 15) is 0 Å². The normalized spacial score (nSPS) is 13.1. The van der Waals surface area contributed by atoms with E-state index >= 15 is 0 Å². The third-order valence-corrected chi connectivity index (χ3v) is 2.54. The maximum atomic E-state index is 5.90. The molecule has 90 valence electrons. The molecule has 0 bridgehead atoms. The van der Waals surface area contributed by atoms with Crippen LogP contribution in [0.4, 0.5) is 11.8 Å². The smallest absolute Gasteiger partial charge is 0.222 e. The van der Waals surface area contributed by atoms with Crippen molar-refractivity contribution in [2.45, 2.75) is 33.2 Å². The molecular formula is C11H21N5. The Morgan fingerprint density at radius 2 is 1.81 bits per heavy atom. The third kappa shape index (κ3) is 2.82. The summed E-state index contributed by atoms with van der Waals surface area (Å²) >= 11 is 0. The van der Waals surface area contributed by atoms with Crippen molar-refractivity contribution in [2.75, 3.05) is 18.5 Å². The monoisotopic (exact) mass is 223 g/mol. The Morgan fingerprint density at radius 1 is 1.19 bits per heavy atom. The lowest BCUT2D eigenvalue weighted by Crippen LogP contribution is -2.20. The maximum absolute atomic E-state index is 5.90. The molecule has 0 radical (unpaired) electrons. The molecule has 0 fully saturated rings. The molecule has 1 heterocycles. The van der Waals surface area contributed by atoms with Crippen molar-refractivity contribution in [2.24, 2.45) is 5.92 Å². The molecule has 0 aliphatic carbocycles. The van der Waals surface area contributed by atoms with Gasteiger partial charge in [-0.2, -0.15) is 4.98 Å². The number of nitrogen functional groups attached to an aromatic ring is 2. The van der Waals surface area contributed by atoms with Crippen LogP contribution < -0.4 is 16.8 Å². The van der Waals surface area contributed by atoms with Crippen LogP contribution in [0.1, 0.15) is 38.1 Å². The molecule has 1 unspecified atom stereocenters. The van der Waals surface area contributed by atoms with Crippen molar-refractivity contribution in [3.8, 4) is 0 Å². The molecule has 1 aromatic heterocycles. The van der Waals surface area contributed by atoms with Gasteiger partial charge >= 0.3 is 0 Å². The summed E-state index contributed by atoms with van der Waals surface area (Å²) in [5.41, 5.74) is 13.4. The standard InChI is InChI=1S/C11H21N5/c1-6(2)5-8-9(7(3)14-4)15-11(13)16-10(8)12/h6-7,14H,5H2,1-4H3,(H4,12,13,15,16). The minimum atomic E-state index is 0.126. The highest BCUT2D eigenvalue weighted by molar-refractivity contribution is 5.47. The van der Waals surface area contributed by atoms with Crippen LogP contribution in [0.5, 0.6) is 0 Å². The highest BCUT2D eigenvalue weighted by Gasteiger charge is 2.16. The quantitative estimate of drug-likeness (QED) is 0.711. The molecule has 0 aliphatic heterocycles. The summed E-state index contributed by atoms with van der Waals surface area (Å²) in [7, 11) is 1.89. The molecule has 16 heavy (non-hydrogen) atoms. The Morgan fingerprint density at radius 3 is 2.31 bits per heavy atom.